The van der Waals surface area contributed by atoms with Gasteiger partial charge in [-0.2, -0.15) is 0 Å². The second-order valence-corrected chi connectivity index (χ2v) is 3.37. The van der Waals surface area contributed by atoms with E-state index in [1.165, 1.54) is 0 Å². The summed E-state index contributed by atoms with van der Waals surface area (Å²) in [5.74, 6) is 0. The summed E-state index contributed by atoms with van der Waals surface area (Å²) in [5.41, 5.74) is 4.97. The van der Waals surface area contributed by atoms with Crippen molar-refractivity contribution in [2.75, 3.05) is 6.54 Å². The first-order valence-electron chi connectivity index (χ1n) is 3.62. The number of carbonyl (C=O) groups is 1. The highest BCUT2D eigenvalue weighted by Gasteiger charge is 2.15. The lowest BCUT2D eigenvalue weighted by Crippen LogP contribution is -2.37. The highest BCUT2D eigenvalue weighted by Crippen LogP contribution is 2.18. The molecule has 2 amide bonds. The zero-order valence-corrected chi connectivity index (χ0v) is 7.18. The summed E-state index contributed by atoms with van der Waals surface area (Å²) in [4.78, 5) is 10.3. The molecule has 0 aliphatic heterocycles. The Morgan fingerprint density at radius 1 is 1.73 bits per heavy atom. The first-order chi connectivity index (χ1) is 4.98. The van der Waals surface area contributed by atoms with Gasteiger partial charge in [0.25, 0.3) is 0 Å². The Labute approximate surface area is 67.7 Å². The number of allylic oxidation sites excluding steroid dienone is 1. The van der Waals surface area contributed by atoms with Crippen molar-refractivity contribution in [3.05, 3.63) is 12.7 Å². The highest BCUT2D eigenvalue weighted by molar-refractivity contribution is 5.71. The number of hydrogen-bond acceptors (Lipinski definition) is 1. The van der Waals surface area contributed by atoms with Gasteiger partial charge in [0.2, 0.25) is 0 Å². The Morgan fingerprint density at radius 2 is 2.27 bits per heavy atom. The molecule has 0 aliphatic carbocycles. The second-order valence-electron chi connectivity index (χ2n) is 3.37. The van der Waals surface area contributed by atoms with E-state index in [4.69, 9.17) is 5.73 Å². The molecule has 0 saturated heterocycles. The quantitative estimate of drug-likeness (QED) is 0.591. The van der Waals surface area contributed by atoms with Crippen LogP contribution in [0.5, 0.6) is 0 Å². The number of hydrogen-bond donors (Lipinski definition) is 2. The van der Waals surface area contributed by atoms with Crippen LogP contribution in [0.3, 0.4) is 0 Å². The molecule has 0 fully saturated rings. The SMILES string of the molecule is C=CCC(C)(C)CNC(N)=O. The third-order valence-corrected chi connectivity index (χ3v) is 1.44. The van der Waals surface area contributed by atoms with E-state index >= 15 is 0 Å². The van der Waals surface area contributed by atoms with Crippen LogP contribution in [-0.4, -0.2) is 12.6 Å². The molecule has 0 aliphatic rings. The van der Waals surface area contributed by atoms with E-state index in [1.54, 1.807) is 0 Å². The Balaban J connectivity index is 3.71. The van der Waals surface area contributed by atoms with Gasteiger partial charge in [-0.1, -0.05) is 19.9 Å². The molecule has 3 N–H and O–H groups in total. The molecule has 3 heteroatoms. The lowest BCUT2D eigenvalue weighted by atomic mass is 9.89. The molecular formula is C8H16N2O. The minimum Gasteiger partial charge on any atom is -0.352 e. The largest absolute Gasteiger partial charge is 0.352 e. The molecule has 0 aromatic carbocycles. The van der Waals surface area contributed by atoms with Crippen molar-refractivity contribution in [3.63, 3.8) is 0 Å². The molecule has 11 heavy (non-hydrogen) atoms. The smallest absolute Gasteiger partial charge is 0.312 e. The second kappa shape index (κ2) is 4.01. The lowest BCUT2D eigenvalue weighted by Gasteiger charge is -2.22. The van der Waals surface area contributed by atoms with Gasteiger partial charge in [0.05, 0.1) is 0 Å². The van der Waals surface area contributed by atoms with Crippen LogP contribution in [0.4, 0.5) is 4.79 Å². The molecule has 0 rings (SSSR count). The van der Waals surface area contributed by atoms with Gasteiger partial charge in [0.1, 0.15) is 0 Å². The maximum atomic E-state index is 10.3. The van der Waals surface area contributed by atoms with Crippen molar-refractivity contribution in [1.29, 1.82) is 0 Å². The lowest BCUT2D eigenvalue weighted by molar-refractivity contribution is 0.242. The molecule has 0 aromatic heterocycles. The van der Waals surface area contributed by atoms with Crippen molar-refractivity contribution >= 4 is 6.03 Å². The van der Waals surface area contributed by atoms with Crippen LogP contribution < -0.4 is 11.1 Å². The minimum atomic E-state index is -0.470. The minimum absolute atomic E-state index is 0.0524. The third-order valence-electron chi connectivity index (χ3n) is 1.44. The molecule has 0 bridgehead atoms. The highest BCUT2D eigenvalue weighted by atomic mass is 16.2. The van der Waals surface area contributed by atoms with E-state index in [2.05, 4.69) is 11.9 Å². The van der Waals surface area contributed by atoms with E-state index in [0.717, 1.165) is 6.42 Å². The van der Waals surface area contributed by atoms with Crippen molar-refractivity contribution in [2.24, 2.45) is 11.1 Å². The van der Waals surface area contributed by atoms with Gasteiger partial charge in [-0.3, -0.25) is 0 Å². The average Bonchev–Trinajstić information content (AvgIpc) is 1.84. The third kappa shape index (κ3) is 5.45. The Kier molecular flexibility index (Phi) is 3.65. The van der Waals surface area contributed by atoms with E-state index in [9.17, 15) is 4.79 Å². The van der Waals surface area contributed by atoms with Crippen LogP contribution in [0.1, 0.15) is 20.3 Å². The van der Waals surface area contributed by atoms with Crippen molar-refractivity contribution < 1.29 is 4.79 Å². The zero-order chi connectivity index (χ0) is 8.91. The van der Waals surface area contributed by atoms with Gasteiger partial charge < -0.3 is 11.1 Å². The van der Waals surface area contributed by atoms with Gasteiger partial charge in [0.15, 0.2) is 0 Å². The van der Waals surface area contributed by atoms with E-state index in [0.29, 0.717) is 6.54 Å². The molecule has 0 radical (unpaired) electrons. The maximum absolute atomic E-state index is 10.3. The number of carbonyl (C=O) groups excluding carboxylic acids is 1. The van der Waals surface area contributed by atoms with E-state index < -0.39 is 6.03 Å². The predicted molar refractivity (Wildman–Crippen MR) is 46.2 cm³/mol. The fraction of sp³-hybridized carbons (Fsp3) is 0.625. The number of urea groups is 1. The van der Waals surface area contributed by atoms with Gasteiger partial charge in [-0.15, -0.1) is 6.58 Å². The number of primary amides is 1. The Bertz CT molecular complexity index is 152. The van der Waals surface area contributed by atoms with Crippen LogP contribution >= 0.6 is 0 Å². The van der Waals surface area contributed by atoms with Crippen LogP contribution in [0.2, 0.25) is 0 Å². The summed E-state index contributed by atoms with van der Waals surface area (Å²) in [6.45, 7) is 8.31. The van der Waals surface area contributed by atoms with Crippen LogP contribution in [0, 0.1) is 5.41 Å². The fourth-order valence-corrected chi connectivity index (χ4v) is 0.789. The summed E-state index contributed by atoms with van der Waals surface area (Å²) in [6, 6.07) is -0.470. The van der Waals surface area contributed by atoms with Crippen molar-refractivity contribution in [3.8, 4) is 0 Å². The number of rotatable bonds is 4. The molecule has 0 unspecified atom stereocenters. The van der Waals surface area contributed by atoms with Crippen LogP contribution in [-0.2, 0) is 0 Å². The Morgan fingerprint density at radius 3 is 2.64 bits per heavy atom. The standard InChI is InChI=1S/C8H16N2O/c1-4-5-8(2,3)6-10-7(9)11/h4H,1,5-6H2,2-3H3,(H3,9,10,11). The van der Waals surface area contributed by atoms with Crippen LogP contribution in [0.15, 0.2) is 12.7 Å². The average molecular weight is 156 g/mol. The predicted octanol–water partition coefficient (Wildman–Crippen LogP) is 1.26. The van der Waals surface area contributed by atoms with Crippen molar-refractivity contribution in [2.45, 2.75) is 20.3 Å². The summed E-state index contributed by atoms with van der Waals surface area (Å²) in [5, 5.41) is 2.56. The van der Waals surface area contributed by atoms with Gasteiger partial charge in [-0.05, 0) is 11.8 Å². The van der Waals surface area contributed by atoms with E-state index in [1.807, 2.05) is 19.9 Å². The van der Waals surface area contributed by atoms with Gasteiger partial charge in [-0.25, -0.2) is 4.79 Å². The Hall–Kier alpha value is -0.990. The summed E-state index contributed by atoms with van der Waals surface area (Å²) in [7, 11) is 0. The zero-order valence-electron chi connectivity index (χ0n) is 7.18. The van der Waals surface area contributed by atoms with Crippen LogP contribution in [0.25, 0.3) is 0 Å². The molecule has 0 heterocycles. The van der Waals surface area contributed by atoms with E-state index in [-0.39, 0.29) is 5.41 Å². The first-order valence-corrected chi connectivity index (χ1v) is 3.62. The maximum Gasteiger partial charge on any atom is 0.312 e. The van der Waals surface area contributed by atoms with Gasteiger partial charge >= 0.3 is 6.03 Å². The number of nitrogens with one attached hydrogen (secondary N) is 1. The normalized spacial score (nSPS) is 10.7. The molecule has 0 aromatic rings. The molecule has 3 nitrogen and oxygen atoms in total. The monoisotopic (exact) mass is 156 g/mol. The van der Waals surface area contributed by atoms with Gasteiger partial charge in [0, 0.05) is 6.54 Å². The number of amides is 2. The first kappa shape index (κ1) is 10.0. The molecule has 0 atom stereocenters. The topological polar surface area (TPSA) is 55.1 Å². The van der Waals surface area contributed by atoms with Crippen molar-refractivity contribution in [1.82, 2.24) is 5.32 Å². The molecule has 0 spiro atoms. The molecule has 64 valence electrons. The fourth-order valence-electron chi connectivity index (χ4n) is 0.789. The number of nitrogens with two attached hydrogens (primary N) is 1. The molecule has 0 saturated carbocycles. The summed E-state index contributed by atoms with van der Waals surface area (Å²) < 4.78 is 0. The summed E-state index contributed by atoms with van der Waals surface area (Å²) in [6.07, 6.45) is 2.70. The summed E-state index contributed by atoms with van der Waals surface area (Å²) >= 11 is 0. The molecular weight excluding hydrogens is 140 g/mol.